The number of halogens is 1. The zero-order valence-corrected chi connectivity index (χ0v) is 17.3. The number of aliphatic imine (C=N–C) groups is 1. The van der Waals surface area contributed by atoms with E-state index < -0.39 is 0 Å². The smallest absolute Gasteiger partial charge is 0.267 e. The summed E-state index contributed by atoms with van der Waals surface area (Å²) in [7, 11) is 2.00. The van der Waals surface area contributed by atoms with E-state index in [0.29, 0.717) is 34.1 Å². The lowest BCUT2D eigenvalue weighted by Gasteiger charge is -2.31. The Bertz CT molecular complexity index is 1220. The third kappa shape index (κ3) is 3.15. The van der Waals surface area contributed by atoms with E-state index in [9.17, 15) is 4.79 Å². The number of benzene rings is 1. The maximum Gasteiger partial charge on any atom is 0.267 e. The van der Waals surface area contributed by atoms with E-state index in [-0.39, 0.29) is 11.6 Å². The molecule has 0 aliphatic carbocycles. The number of fused-ring (bicyclic) bond motifs is 1. The number of hydrogen-bond donors (Lipinski definition) is 0. The fourth-order valence-corrected chi connectivity index (χ4v) is 4.47. The van der Waals surface area contributed by atoms with Crippen molar-refractivity contribution in [2.24, 2.45) is 4.99 Å². The standard InChI is InChI=1S/C22H21ClN6O/c1-27-13-16(12-25-14-27)28-10-4-8-19(28)21-26-18-7-2-6-17(23)20(18)22(30)29(21)15-5-3-9-24-11-15/h2-3,5-7,9,11-13,19H,4,8,10,14H2,1H3. The number of allylic oxidation sites excluding steroid dienone is 1. The van der Waals surface area contributed by atoms with Crippen molar-refractivity contribution in [3.8, 4) is 5.69 Å². The lowest BCUT2D eigenvalue weighted by Crippen LogP contribution is -2.33. The minimum atomic E-state index is -0.177. The molecule has 5 rings (SSSR count). The van der Waals surface area contributed by atoms with Crippen LogP contribution in [0.1, 0.15) is 24.7 Å². The Labute approximate surface area is 179 Å². The van der Waals surface area contributed by atoms with Crippen LogP contribution in [-0.2, 0) is 0 Å². The molecule has 1 saturated heterocycles. The molecule has 1 unspecified atom stereocenters. The summed E-state index contributed by atoms with van der Waals surface area (Å²) in [5.41, 5.74) is 2.15. The summed E-state index contributed by atoms with van der Waals surface area (Å²) in [4.78, 5) is 31.5. The first kappa shape index (κ1) is 18.8. The second kappa shape index (κ2) is 7.57. The first-order chi connectivity index (χ1) is 14.6. The average Bonchev–Trinajstić information content (AvgIpc) is 3.24. The zero-order valence-electron chi connectivity index (χ0n) is 16.6. The third-order valence-corrected chi connectivity index (χ3v) is 5.86. The molecule has 4 heterocycles. The summed E-state index contributed by atoms with van der Waals surface area (Å²) in [6.45, 7) is 1.53. The van der Waals surface area contributed by atoms with Gasteiger partial charge in [0.2, 0.25) is 0 Å². The van der Waals surface area contributed by atoms with Crippen LogP contribution in [0.5, 0.6) is 0 Å². The monoisotopic (exact) mass is 420 g/mol. The van der Waals surface area contributed by atoms with Gasteiger partial charge in [-0.3, -0.25) is 19.3 Å². The predicted molar refractivity (Wildman–Crippen MR) is 118 cm³/mol. The summed E-state index contributed by atoms with van der Waals surface area (Å²) >= 11 is 6.39. The summed E-state index contributed by atoms with van der Waals surface area (Å²) in [6, 6.07) is 9.03. The molecule has 2 aliphatic heterocycles. The molecule has 8 heteroatoms. The number of hydrogen-bond acceptors (Lipinski definition) is 6. The van der Waals surface area contributed by atoms with E-state index in [4.69, 9.17) is 16.6 Å². The molecule has 0 bridgehead atoms. The van der Waals surface area contributed by atoms with E-state index in [1.807, 2.05) is 42.4 Å². The largest absolute Gasteiger partial charge is 0.360 e. The van der Waals surface area contributed by atoms with Gasteiger partial charge in [0.15, 0.2) is 0 Å². The highest BCUT2D eigenvalue weighted by atomic mass is 35.5. The Morgan fingerprint density at radius 2 is 2.10 bits per heavy atom. The SMILES string of the molecule is CN1C=C(N2CCCC2c2nc3cccc(Cl)c3c(=O)n2-c2cccnc2)C=NC1. The molecular formula is C22H21ClN6O. The Balaban J connectivity index is 1.74. The Hall–Kier alpha value is -3.19. The van der Waals surface area contributed by atoms with Crippen molar-refractivity contribution in [1.82, 2.24) is 24.3 Å². The molecule has 0 spiro atoms. The van der Waals surface area contributed by atoms with E-state index in [0.717, 1.165) is 25.1 Å². The van der Waals surface area contributed by atoms with Crippen molar-refractivity contribution >= 4 is 28.7 Å². The zero-order chi connectivity index (χ0) is 20.7. The fourth-order valence-electron chi connectivity index (χ4n) is 4.22. The average molecular weight is 421 g/mol. The molecule has 0 radical (unpaired) electrons. The molecule has 2 aromatic heterocycles. The summed E-state index contributed by atoms with van der Waals surface area (Å²) in [5.74, 6) is 0.697. The van der Waals surface area contributed by atoms with Gasteiger partial charge in [0.05, 0.1) is 39.5 Å². The molecule has 152 valence electrons. The van der Waals surface area contributed by atoms with Crippen molar-refractivity contribution in [2.45, 2.75) is 18.9 Å². The van der Waals surface area contributed by atoms with Crippen LogP contribution in [0.2, 0.25) is 5.02 Å². The van der Waals surface area contributed by atoms with Crippen molar-refractivity contribution < 1.29 is 0 Å². The third-order valence-electron chi connectivity index (χ3n) is 5.54. The quantitative estimate of drug-likeness (QED) is 0.649. The van der Waals surface area contributed by atoms with Crippen molar-refractivity contribution in [3.63, 3.8) is 0 Å². The minimum absolute atomic E-state index is 0.0505. The molecule has 3 aromatic rings. The van der Waals surface area contributed by atoms with Crippen LogP contribution in [0, 0.1) is 0 Å². The Morgan fingerprint density at radius 3 is 2.90 bits per heavy atom. The Morgan fingerprint density at radius 1 is 1.20 bits per heavy atom. The molecule has 1 atom stereocenters. The Kier molecular flexibility index (Phi) is 4.75. The lowest BCUT2D eigenvalue weighted by molar-refractivity contribution is 0.312. The highest BCUT2D eigenvalue weighted by Gasteiger charge is 2.32. The van der Waals surface area contributed by atoms with Crippen LogP contribution in [0.25, 0.3) is 16.6 Å². The van der Waals surface area contributed by atoms with E-state index in [1.54, 1.807) is 23.0 Å². The predicted octanol–water partition coefficient (Wildman–Crippen LogP) is 3.39. The molecule has 2 aliphatic rings. The van der Waals surface area contributed by atoms with Crippen molar-refractivity contribution in [1.29, 1.82) is 0 Å². The maximum atomic E-state index is 13.6. The van der Waals surface area contributed by atoms with Gasteiger partial charge in [0.1, 0.15) is 12.5 Å². The lowest BCUT2D eigenvalue weighted by atomic mass is 10.1. The minimum Gasteiger partial charge on any atom is -0.360 e. The second-order valence-electron chi connectivity index (χ2n) is 7.57. The van der Waals surface area contributed by atoms with Crippen LogP contribution >= 0.6 is 11.6 Å². The number of likely N-dealkylation sites (tertiary alicyclic amines) is 1. The number of rotatable bonds is 3. The molecule has 1 aromatic carbocycles. The number of nitrogens with zero attached hydrogens (tertiary/aromatic N) is 6. The maximum absolute atomic E-state index is 13.6. The van der Waals surface area contributed by atoms with Crippen LogP contribution in [0.4, 0.5) is 0 Å². The summed E-state index contributed by atoms with van der Waals surface area (Å²) < 4.78 is 1.66. The summed E-state index contributed by atoms with van der Waals surface area (Å²) in [5, 5.41) is 0.829. The topological polar surface area (TPSA) is 66.6 Å². The van der Waals surface area contributed by atoms with Crippen LogP contribution in [0.3, 0.4) is 0 Å². The van der Waals surface area contributed by atoms with E-state index in [1.165, 1.54) is 0 Å². The van der Waals surface area contributed by atoms with Crippen LogP contribution in [0.15, 0.2) is 64.4 Å². The van der Waals surface area contributed by atoms with Crippen molar-refractivity contribution in [3.05, 3.63) is 75.8 Å². The molecule has 7 nitrogen and oxygen atoms in total. The van der Waals surface area contributed by atoms with Gasteiger partial charge in [-0.15, -0.1) is 0 Å². The van der Waals surface area contributed by atoms with Gasteiger partial charge in [0, 0.05) is 32.2 Å². The number of aromatic nitrogens is 3. The van der Waals surface area contributed by atoms with Crippen LogP contribution < -0.4 is 5.56 Å². The van der Waals surface area contributed by atoms with Gasteiger partial charge in [-0.1, -0.05) is 17.7 Å². The first-order valence-corrected chi connectivity index (χ1v) is 10.3. The van der Waals surface area contributed by atoms with Gasteiger partial charge in [-0.25, -0.2) is 4.98 Å². The highest BCUT2D eigenvalue weighted by Crippen LogP contribution is 2.35. The van der Waals surface area contributed by atoms with Gasteiger partial charge in [-0.2, -0.15) is 0 Å². The molecule has 0 amide bonds. The first-order valence-electron chi connectivity index (χ1n) is 9.93. The van der Waals surface area contributed by atoms with Crippen molar-refractivity contribution in [2.75, 3.05) is 20.3 Å². The number of pyridine rings is 1. The van der Waals surface area contributed by atoms with Gasteiger partial charge in [0.25, 0.3) is 5.56 Å². The fraction of sp³-hybridized carbons (Fsp3) is 0.273. The second-order valence-corrected chi connectivity index (χ2v) is 7.98. The highest BCUT2D eigenvalue weighted by molar-refractivity contribution is 6.35. The molecule has 0 saturated carbocycles. The van der Waals surface area contributed by atoms with Gasteiger partial charge >= 0.3 is 0 Å². The van der Waals surface area contributed by atoms with Gasteiger partial charge < -0.3 is 9.80 Å². The molecule has 30 heavy (non-hydrogen) atoms. The van der Waals surface area contributed by atoms with E-state index in [2.05, 4.69) is 21.1 Å². The molecule has 0 N–H and O–H groups in total. The molecular weight excluding hydrogens is 400 g/mol. The van der Waals surface area contributed by atoms with Gasteiger partial charge in [-0.05, 0) is 37.1 Å². The molecule has 1 fully saturated rings. The van der Waals surface area contributed by atoms with Crippen LogP contribution in [-0.4, -0.2) is 50.8 Å². The normalized spacial score (nSPS) is 18.9. The van der Waals surface area contributed by atoms with E-state index >= 15 is 0 Å². The summed E-state index contributed by atoms with van der Waals surface area (Å²) in [6.07, 6.45) is 9.28.